The van der Waals surface area contributed by atoms with Crippen LogP contribution in [0.2, 0.25) is 5.02 Å². The van der Waals surface area contributed by atoms with Gasteiger partial charge in [-0.05, 0) is 48.9 Å². The van der Waals surface area contributed by atoms with E-state index in [0.29, 0.717) is 17.1 Å². The topological polar surface area (TPSA) is 70.3 Å². The van der Waals surface area contributed by atoms with Crippen LogP contribution in [0.5, 0.6) is 11.5 Å². The average Bonchev–Trinajstić information content (AvgIpc) is 2.41. The highest BCUT2D eigenvalue weighted by atomic mass is 35.5. The molecule has 5 heteroatoms. The molecular weight excluding hydrogens is 278 g/mol. The van der Waals surface area contributed by atoms with Crippen LogP contribution >= 0.6 is 11.6 Å². The molecule has 0 bridgehead atoms. The van der Waals surface area contributed by atoms with Crippen molar-refractivity contribution >= 4 is 17.6 Å². The maximum Gasteiger partial charge on any atom is 0.335 e. The Kier molecular flexibility index (Phi) is 3.92. The van der Waals surface area contributed by atoms with Crippen LogP contribution in [0.4, 0.5) is 0 Å². The Morgan fingerprint density at radius 1 is 1.30 bits per heavy atom. The quantitative estimate of drug-likeness (QED) is 0.926. The number of halogens is 1. The first-order chi connectivity index (χ1) is 9.51. The number of nitrogens with zero attached hydrogens (tertiary/aromatic N) is 1. The minimum absolute atomic E-state index is 0.0957. The Morgan fingerprint density at radius 2 is 2.05 bits per heavy atom. The van der Waals surface area contributed by atoms with E-state index in [0.717, 1.165) is 5.56 Å². The molecule has 0 saturated carbocycles. The van der Waals surface area contributed by atoms with E-state index in [1.807, 2.05) is 0 Å². The monoisotopic (exact) mass is 287 g/mol. The van der Waals surface area contributed by atoms with Crippen molar-refractivity contribution in [3.63, 3.8) is 0 Å². The van der Waals surface area contributed by atoms with Crippen LogP contribution < -0.4 is 4.74 Å². The summed E-state index contributed by atoms with van der Waals surface area (Å²) in [4.78, 5) is 10.8. The molecule has 0 amide bonds. The third-order valence-electron chi connectivity index (χ3n) is 2.72. The van der Waals surface area contributed by atoms with Crippen molar-refractivity contribution in [3.8, 4) is 17.6 Å². The van der Waals surface area contributed by atoms with Gasteiger partial charge in [-0.3, -0.25) is 0 Å². The van der Waals surface area contributed by atoms with Crippen molar-refractivity contribution in [1.29, 1.82) is 5.26 Å². The summed E-state index contributed by atoms with van der Waals surface area (Å²) >= 11 is 5.98. The van der Waals surface area contributed by atoms with Crippen molar-refractivity contribution < 1.29 is 14.6 Å². The van der Waals surface area contributed by atoms with Crippen LogP contribution in [0, 0.1) is 18.3 Å². The van der Waals surface area contributed by atoms with Gasteiger partial charge >= 0.3 is 5.97 Å². The molecule has 4 nitrogen and oxygen atoms in total. The number of ether oxygens (including phenoxy) is 1. The molecule has 0 fully saturated rings. The first kappa shape index (κ1) is 13.9. The molecule has 0 atom stereocenters. The number of rotatable bonds is 3. The Labute approximate surface area is 120 Å². The second-order valence-corrected chi connectivity index (χ2v) is 4.55. The van der Waals surface area contributed by atoms with Gasteiger partial charge in [-0.25, -0.2) is 4.79 Å². The highest BCUT2D eigenvalue weighted by Gasteiger charge is 2.09. The van der Waals surface area contributed by atoms with E-state index >= 15 is 0 Å². The average molecular weight is 288 g/mol. The first-order valence-electron chi connectivity index (χ1n) is 5.72. The van der Waals surface area contributed by atoms with Crippen LogP contribution in [0.1, 0.15) is 21.5 Å². The lowest BCUT2D eigenvalue weighted by Crippen LogP contribution is -1.96. The lowest BCUT2D eigenvalue weighted by Gasteiger charge is -2.09. The number of carboxylic acids is 1. The second-order valence-electron chi connectivity index (χ2n) is 4.14. The molecule has 0 heterocycles. The summed E-state index contributed by atoms with van der Waals surface area (Å²) in [5.74, 6) is -0.153. The normalized spacial score (nSPS) is 9.85. The molecule has 0 unspecified atom stereocenters. The Hall–Kier alpha value is -2.51. The van der Waals surface area contributed by atoms with Crippen LogP contribution in [0.3, 0.4) is 0 Å². The summed E-state index contributed by atoms with van der Waals surface area (Å²) in [7, 11) is 0. The zero-order valence-corrected chi connectivity index (χ0v) is 11.3. The van der Waals surface area contributed by atoms with Crippen LogP contribution in [-0.2, 0) is 0 Å². The highest BCUT2D eigenvalue weighted by molar-refractivity contribution is 6.32. The van der Waals surface area contributed by atoms with Gasteiger partial charge in [0.15, 0.2) is 0 Å². The lowest BCUT2D eigenvalue weighted by molar-refractivity contribution is 0.0697. The van der Waals surface area contributed by atoms with E-state index in [9.17, 15) is 4.79 Å². The maximum absolute atomic E-state index is 10.8. The van der Waals surface area contributed by atoms with Gasteiger partial charge in [-0.1, -0.05) is 11.6 Å². The van der Waals surface area contributed by atoms with E-state index in [2.05, 4.69) is 6.07 Å². The summed E-state index contributed by atoms with van der Waals surface area (Å²) in [6.45, 7) is 1.81. The van der Waals surface area contributed by atoms with Gasteiger partial charge in [-0.2, -0.15) is 5.26 Å². The number of carboxylic acid groups (broad SMARTS) is 1. The number of aromatic carboxylic acids is 1. The van der Waals surface area contributed by atoms with Gasteiger partial charge in [0.1, 0.15) is 11.5 Å². The smallest absolute Gasteiger partial charge is 0.335 e. The standard InChI is InChI=1S/C15H10ClNO3/c1-9-6-12(4-2-11(9)8-17)20-14-5-3-10(15(18)19)7-13(14)16/h2-7H,1H3,(H,18,19). The van der Waals surface area contributed by atoms with E-state index in [4.69, 9.17) is 26.7 Å². The minimum atomic E-state index is -1.05. The van der Waals surface area contributed by atoms with Crippen molar-refractivity contribution in [2.24, 2.45) is 0 Å². The van der Waals surface area contributed by atoms with Crippen LogP contribution in [0.15, 0.2) is 36.4 Å². The summed E-state index contributed by atoms with van der Waals surface area (Å²) in [6, 6.07) is 11.4. The fraction of sp³-hybridized carbons (Fsp3) is 0.0667. The zero-order valence-electron chi connectivity index (χ0n) is 10.6. The van der Waals surface area contributed by atoms with Crippen molar-refractivity contribution in [1.82, 2.24) is 0 Å². The SMILES string of the molecule is Cc1cc(Oc2ccc(C(=O)O)cc2Cl)ccc1C#N. The van der Waals surface area contributed by atoms with E-state index < -0.39 is 5.97 Å². The molecule has 2 aromatic rings. The number of benzene rings is 2. The largest absolute Gasteiger partial charge is 0.478 e. The highest BCUT2D eigenvalue weighted by Crippen LogP contribution is 2.31. The molecule has 0 aliphatic rings. The van der Waals surface area contributed by atoms with Gasteiger partial charge < -0.3 is 9.84 Å². The van der Waals surface area contributed by atoms with E-state index in [1.54, 1.807) is 25.1 Å². The molecule has 0 aromatic heterocycles. The van der Waals surface area contributed by atoms with Gasteiger partial charge in [0.05, 0.1) is 22.2 Å². The summed E-state index contributed by atoms with van der Waals surface area (Å²) in [5, 5.41) is 17.9. The molecule has 20 heavy (non-hydrogen) atoms. The third kappa shape index (κ3) is 2.90. The molecule has 0 aliphatic carbocycles. The Balaban J connectivity index is 2.29. The maximum atomic E-state index is 10.8. The van der Waals surface area contributed by atoms with Gasteiger partial charge in [0.2, 0.25) is 0 Å². The molecule has 2 aromatic carbocycles. The zero-order chi connectivity index (χ0) is 14.7. The third-order valence-corrected chi connectivity index (χ3v) is 3.02. The van der Waals surface area contributed by atoms with Gasteiger partial charge in [-0.15, -0.1) is 0 Å². The fourth-order valence-corrected chi connectivity index (χ4v) is 1.89. The van der Waals surface area contributed by atoms with Gasteiger partial charge in [0, 0.05) is 0 Å². The summed E-state index contributed by atoms with van der Waals surface area (Å²) in [6.07, 6.45) is 0. The molecule has 100 valence electrons. The molecule has 0 spiro atoms. The number of aryl methyl sites for hydroxylation is 1. The van der Waals surface area contributed by atoms with Crippen LogP contribution in [-0.4, -0.2) is 11.1 Å². The fourth-order valence-electron chi connectivity index (χ4n) is 1.67. The molecule has 0 saturated heterocycles. The molecule has 0 radical (unpaired) electrons. The van der Waals surface area contributed by atoms with Crippen molar-refractivity contribution in [2.75, 3.05) is 0 Å². The predicted molar refractivity (Wildman–Crippen MR) is 74.4 cm³/mol. The Morgan fingerprint density at radius 3 is 2.60 bits per heavy atom. The number of hydrogen-bond donors (Lipinski definition) is 1. The minimum Gasteiger partial charge on any atom is -0.478 e. The number of hydrogen-bond acceptors (Lipinski definition) is 3. The molecule has 2 rings (SSSR count). The first-order valence-corrected chi connectivity index (χ1v) is 6.10. The number of nitriles is 1. The molecule has 1 N–H and O–H groups in total. The lowest BCUT2D eigenvalue weighted by atomic mass is 10.1. The van der Waals surface area contributed by atoms with Crippen molar-refractivity contribution in [2.45, 2.75) is 6.92 Å². The van der Waals surface area contributed by atoms with Crippen LogP contribution in [0.25, 0.3) is 0 Å². The van der Waals surface area contributed by atoms with E-state index in [1.165, 1.54) is 18.2 Å². The number of carbonyl (C=O) groups is 1. The molecular formula is C15H10ClNO3. The molecule has 0 aliphatic heterocycles. The Bertz CT molecular complexity index is 720. The van der Waals surface area contributed by atoms with Crippen molar-refractivity contribution in [3.05, 3.63) is 58.1 Å². The summed E-state index contributed by atoms with van der Waals surface area (Å²) < 4.78 is 5.59. The predicted octanol–water partition coefficient (Wildman–Crippen LogP) is 4.01. The van der Waals surface area contributed by atoms with E-state index in [-0.39, 0.29) is 10.6 Å². The summed E-state index contributed by atoms with van der Waals surface area (Å²) in [5.41, 5.74) is 1.46. The van der Waals surface area contributed by atoms with Gasteiger partial charge in [0.25, 0.3) is 0 Å². The second kappa shape index (κ2) is 5.64.